The molecular weight excluding hydrogens is 250 g/mol. The molecule has 0 unspecified atom stereocenters. The summed E-state index contributed by atoms with van der Waals surface area (Å²) in [4.78, 5) is 24.6. The Morgan fingerprint density at radius 1 is 1.39 bits per heavy atom. The van der Waals surface area contributed by atoms with E-state index in [9.17, 15) is 9.59 Å². The van der Waals surface area contributed by atoms with Crippen molar-refractivity contribution in [3.63, 3.8) is 0 Å². The molecule has 0 aliphatic carbocycles. The van der Waals surface area contributed by atoms with Crippen LogP contribution in [0.3, 0.4) is 0 Å². The van der Waals surface area contributed by atoms with E-state index in [2.05, 4.69) is 10.6 Å². The second-order valence-electron chi connectivity index (χ2n) is 3.90. The normalized spacial score (nSPS) is 15.2. The minimum Gasteiger partial charge on any atom is -0.334 e. The Bertz CT molecular complexity index is 475. The summed E-state index contributed by atoms with van der Waals surface area (Å²) in [6, 6.07) is 8.95. The number of carbonyl (C=O) groups is 2. The van der Waals surface area contributed by atoms with Gasteiger partial charge in [-0.1, -0.05) is 18.2 Å². The number of hydrogen-bond acceptors (Lipinski definition) is 3. The number of carbonyl (C=O) groups excluding carboxylic acids is 2. The minimum atomic E-state index is -0.157. The van der Waals surface area contributed by atoms with Crippen molar-refractivity contribution in [1.82, 2.24) is 15.5 Å². The Balaban J connectivity index is 1.87. The first-order chi connectivity index (χ1) is 8.66. The number of amides is 2. The maximum absolute atomic E-state index is 11.8. The van der Waals surface area contributed by atoms with Crippen LogP contribution in [0.1, 0.15) is 16.8 Å². The van der Waals surface area contributed by atoms with Gasteiger partial charge in [-0.15, -0.1) is 0 Å². The number of thiocarbonyl (C=S) groups is 1. The molecule has 1 fully saturated rings. The number of benzene rings is 1. The lowest BCUT2D eigenvalue weighted by Crippen LogP contribution is -2.52. The predicted molar refractivity (Wildman–Crippen MR) is 70.8 cm³/mol. The lowest BCUT2D eigenvalue weighted by Gasteiger charge is -2.29. The molecule has 1 heterocycles. The van der Waals surface area contributed by atoms with Gasteiger partial charge in [-0.05, 0) is 24.4 Å². The Hall–Kier alpha value is -1.95. The second kappa shape index (κ2) is 5.59. The molecule has 1 aromatic rings. The van der Waals surface area contributed by atoms with Crippen molar-refractivity contribution < 1.29 is 9.59 Å². The molecule has 5 nitrogen and oxygen atoms in total. The van der Waals surface area contributed by atoms with Crippen LogP contribution >= 0.6 is 12.2 Å². The van der Waals surface area contributed by atoms with Gasteiger partial charge in [0.2, 0.25) is 5.91 Å². The van der Waals surface area contributed by atoms with E-state index in [1.165, 1.54) is 0 Å². The lowest BCUT2D eigenvalue weighted by atomic mass is 10.2. The molecule has 0 atom stereocenters. The van der Waals surface area contributed by atoms with Gasteiger partial charge in [0, 0.05) is 18.5 Å². The maximum atomic E-state index is 11.8. The van der Waals surface area contributed by atoms with Crippen LogP contribution in [0.4, 0.5) is 0 Å². The predicted octanol–water partition coefficient (Wildman–Crippen LogP) is 0.481. The fourth-order valence-electron chi connectivity index (χ4n) is 1.61. The Morgan fingerprint density at radius 3 is 2.78 bits per heavy atom. The summed E-state index contributed by atoms with van der Waals surface area (Å²) in [6.45, 7) is 0.826. The van der Waals surface area contributed by atoms with Gasteiger partial charge < -0.3 is 15.5 Å². The Kier molecular flexibility index (Phi) is 3.88. The molecule has 0 saturated carbocycles. The van der Waals surface area contributed by atoms with Gasteiger partial charge in [0.1, 0.15) is 0 Å². The van der Waals surface area contributed by atoms with Crippen LogP contribution in [-0.2, 0) is 4.79 Å². The fraction of sp³-hybridized carbons (Fsp3) is 0.250. The van der Waals surface area contributed by atoms with Gasteiger partial charge in [-0.3, -0.25) is 9.59 Å². The molecule has 1 aliphatic heterocycles. The molecule has 0 spiro atoms. The Labute approximate surface area is 110 Å². The molecule has 6 heteroatoms. The van der Waals surface area contributed by atoms with Gasteiger partial charge >= 0.3 is 0 Å². The summed E-state index contributed by atoms with van der Waals surface area (Å²) in [5, 5.41) is 5.68. The van der Waals surface area contributed by atoms with Crippen LogP contribution in [0.5, 0.6) is 0 Å². The van der Waals surface area contributed by atoms with Gasteiger partial charge in [0.15, 0.2) is 5.11 Å². The Morgan fingerprint density at radius 2 is 2.11 bits per heavy atom. The van der Waals surface area contributed by atoms with Crippen molar-refractivity contribution in [3.05, 3.63) is 35.9 Å². The highest BCUT2D eigenvalue weighted by atomic mass is 32.1. The molecule has 1 saturated heterocycles. The lowest BCUT2D eigenvalue weighted by molar-refractivity contribution is -0.120. The zero-order chi connectivity index (χ0) is 13.0. The number of hydrogen-bond donors (Lipinski definition) is 2. The first-order valence-corrected chi connectivity index (χ1v) is 5.99. The zero-order valence-corrected chi connectivity index (χ0v) is 10.5. The fourth-order valence-corrected chi connectivity index (χ4v) is 1.88. The summed E-state index contributed by atoms with van der Waals surface area (Å²) in [5.41, 5.74) is 0.601. The third-order valence-electron chi connectivity index (χ3n) is 2.61. The highest BCUT2D eigenvalue weighted by molar-refractivity contribution is 7.80. The van der Waals surface area contributed by atoms with Crippen molar-refractivity contribution in [2.75, 3.05) is 13.2 Å². The van der Waals surface area contributed by atoms with Gasteiger partial charge in [0.05, 0.1) is 6.67 Å². The molecule has 94 valence electrons. The third kappa shape index (κ3) is 3.04. The number of nitrogens with one attached hydrogen (secondary N) is 2. The molecule has 1 aliphatic rings. The van der Waals surface area contributed by atoms with Crippen molar-refractivity contribution >= 4 is 29.1 Å². The minimum absolute atomic E-state index is 0.0781. The average Bonchev–Trinajstić information content (AvgIpc) is 2.38. The highest BCUT2D eigenvalue weighted by Crippen LogP contribution is 2.01. The summed E-state index contributed by atoms with van der Waals surface area (Å²) < 4.78 is 0. The topological polar surface area (TPSA) is 61.4 Å². The van der Waals surface area contributed by atoms with E-state index < -0.39 is 0 Å². The van der Waals surface area contributed by atoms with Crippen molar-refractivity contribution in [3.8, 4) is 0 Å². The highest BCUT2D eigenvalue weighted by Gasteiger charge is 2.19. The third-order valence-corrected chi connectivity index (χ3v) is 2.97. The molecule has 18 heavy (non-hydrogen) atoms. The molecule has 0 aromatic heterocycles. The number of rotatable bonds is 3. The van der Waals surface area contributed by atoms with Crippen LogP contribution in [-0.4, -0.2) is 35.0 Å². The van der Waals surface area contributed by atoms with Crippen LogP contribution in [0.2, 0.25) is 0 Å². The molecule has 0 radical (unpaired) electrons. The summed E-state index contributed by atoms with van der Waals surface area (Å²) in [6.07, 6.45) is 0.390. The van der Waals surface area contributed by atoms with Crippen LogP contribution < -0.4 is 10.6 Å². The van der Waals surface area contributed by atoms with E-state index in [1.54, 1.807) is 29.2 Å². The SMILES string of the molecule is O=C1CCN(CNC(=O)c2ccccc2)C(=S)N1. The zero-order valence-electron chi connectivity index (χ0n) is 9.68. The smallest absolute Gasteiger partial charge is 0.252 e. The molecular formula is C12H13N3O2S. The van der Waals surface area contributed by atoms with Crippen molar-refractivity contribution in [1.29, 1.82) is 0 Å². The van der Waals surface area contributed by atoms with Crippen LogP contribution in [0.25, 0.3) is 0 Å². The molecule has 2 amide bonds. The number of nitrogens with zero attached hydrogens (tertiary/aromatic N) is 1. The van der Waals surface area contributed by atoms with E-state index in [4.69, 9.17) is 12.2 Å². The average molecular weight is 263 g/mol. The summed E-state index contributed by atoms with van der Waals surface area (Å²) in [5.74, 6) is -0.235. The molecule has 2 N–H and O–H groups in total. The molecule has 0 bridgehead atoms. The van der Waals surface area contributed by atoms with E-state index in [-0.39, 0.29) is 11.8 Å². The monoisotopic (exact) mass is 263 g/mol. The van der Waals surface area contributed by atoms with Crippen LogP contribution in [0, 0.1) is 0 Å². The van der Waals surface area contributed by atoms with E-state index in [0.29, 0.717) is 30.3 Å². The molecule has 2 rings (SSSR count). The largest absolute Gasteiger partial charge is 0.334 e. The van der Waals surface area contributed by atoms with Gasteiger partial charge in [0.25, 0.3) is 5.91 Å². The first kappa shape index (κ1) is 12.5. The maximum Gasteiger partial charge on any atom is 0.252 e. The van der Waals surface area contributed by atoms with E-state index in [1.807, 2.05) is 6.07 Å². The van der Waals surface area contributed by atoms with Crippen molar-refractivity contribution in [2.45, 2.75) is 6.42 Å². The van der Waals surface area contributed by atoms with Crippen LogP contribution in [0.15, 0.2) is 30.3 Å². The summed E-state index contributed by atoms with van der Waals surface area (Å²) in [7, 11) is 0. The van der Waals surface area contributed by atoms with Gasteiger partial charge in [-0.2, -0.15) is 0 Å². The first-order valence-electron chi connectivity index (χ1n) is 5.59. The second-order valence-corrected chi connectivity index (χ2v) is 4.28. The quantitative estimate of drug-likeness (QED) is 0.779. The standard InChI is InChI=1S/C12H13N3O2S/c16-10-6-7-15(12(18)14-10)8-13-11(17)9-4-2-1-3-5-9/h1-5H,6-8H2,(H,13,17)(H,14,16,18). The van der Waals surface area contributed by atoms with E-state index >= 15 is 0 Å². The molecule has 1 aromatic carbocycles. The van der Waals surface area contributed by atoms with E-state index in [0.717, 1.165) is 0 Å². The van der Waals surface area contributed by atoms with Crippen molar-refractivity contribution in [2.24, 2.45) is 0 Å². The summed E-state index contributed by atoms with van der Waals surface area (Å²) >= 11 is 5.02. The van der Waals surface area contributed by atoms with Gasteiger partial charge in [-0.25, -0.2) is 0 Å².